The van der Waals surface area contributed by atoms with E-state index in [-0.39, 0.29) is 30.2 Å². The normalized spacial score (nSPS) is 17.2. The summed E-state index contributed by atoms with van der Waals surface area (Å²) in [5.74, 6) is -1.51. The zero-order valence-electron chi connectivity index (χ0n) is 33.8. The highest BCUT2D eigenvalue weighted by molar-refractivity contribution is 6.17. The van der Waals surface area contributed by atoms with Crippen LogP contribution in [0.1, 0.15) is 43.6 Å². The van der Waals surface area contributed by atoms with Crippen molar-refractivity contribution in [2.24, 2.45) is 5.41 Å². The van der Waals surface area contributed by atoms with Gasteiger partial charge in [-0.1, -0.05) is 12.1 Å². The molecule has 5 aromatic rings. The summed E-state index contributed by atoms with van der Waals surface area (Å²) in [7, 11) is 0. The molecule has 1 atom stereocenters. The van der Waals surface area contributed by atoms with E-state index in [2.05, 4.69) is 31.2 Å². The fourth-order valence-electron chi connectivity index (χ4n) is 7.66. The first-order chi connectivity index (χ1) is 30.0. The van der Waals surface area contributed by atoms with Gasteiger partial charge in [0.2, 0.25) is 23.6 Å². The Hall–Kier alpha value is -6.94. The number of aromatic nitrogens is 1. The van der Waals surface area contributed by atoms with Crippen LogP contribution in [0.3, 0.4) is 0 Å². The maximum atomic E-state index is 15.7. The summed E-state index contributed by atoms with van der Waals surface area (Å²) in [5, 5.41) is 11.3. The highest BCUT2D eigenvalue weighted by Gasteiger charge is 2.56. The van der Waals surface area contributed by atoms with Crippen LogP contribution in [0.5, 0.6) is 17.2 Å². The second-order valence-corrected chi connectivity index (χ2v) is 15.6. The molecular weight excluding hydrogens is 801 g/mol. The Bertz CT molecular complexity index is 2470. The van der Waals surface area contributed by atoms with E-state index in [0.717, 1.165) is 31.6 Å². The standard InChI is InChI=1S/C46H45F2N7O7/c47-30-4-6-31(7-5-30)51-44(59)46(17-18-46)45(60)52-32-8-12-34(13-9-32)62-40-16-20-49-38-27-39(37(48)26-36(38)40)55-24-22-54(23-25-55)21-1-19-50-42(57)28-61-33-10-2-29(3-11-33)35-14-15-41(56)53-43(35)58/h2-13,16,20,26-27,35H,1,14-15,17-19,21-25,28H2,(H,50,57)(H,51,59)(H,52,60)(H,53,56,58). The minimum atomic E-state index is -1.20. The second kappa shape index (κ2) is 18.4. The number of piperazine rings is 1. The number of hydrogen-bond donors (Lipinski definition) is 4. The zero-order valence-corrected chi connectivity index (χ0v) is 33.8. The average molecular weight is 846 g/mol. The van der Waals surface area contributed by atoms with Gasteiger partial charge in [0, 0.05) is 62.1 Å². The molecule has 3 heterocycles. The molecule has 16 heteroatoms. The van der Waals surface area contributed by atoms with Gasteiger partial charge < -0.3 is 30.3 Å². The number of rotatable bonds is 15. The maximum absolute atomic E-state index is 15.7. The van der Waals surface area contributed by atoms with E-state index in [1.165, 1.54) is 30.3 Å². The first kappa shape index (κ1) is 41.8. The van der Waals surface area contributed by atoms with Crippen molar-refractivity contribution in [2.45, 2.75) is 38.0 Å². The van der Waals surface area contributed by atoms with Gasteiger partial charge in [-0.15, -0.1) is 0 Å². The number of ether oxygens (including phenoxy) is 2. The molecule has 3 fully saturated rings. The van der Waals surface area contributed by atoms with Gasteiger partial charge in [-0.2, -0.15) is 0 Å². The Morgan fingerprint density at radius 1 is 0.823 bits per heavy atom. The van der Waals surface area contributed by atoms with E-state index in [1.807, 2.05) is 4.90 Å². The summed E-state index contributed by atoms with van der Waals surface area (Å²) in [4.78, 5) is 70.8. The van der Waals surface area contributed by atoms with Gasteiger partial charge in [-0.25, -0.2) is 8.78 Å². The van der Waals surface area contributed by atoms with E-state index in [9.17, 15) is 28.4 Å². The SMILES string of the molecule is O=C(COc1ccc(C2CCC(=O)NC2=O)cc1)NCCCN1CCN(c2cc3nccc(Oc4ccc(NC(=O)C5(C(=O)Nc6ccc(F)cc6)CC5)cc4)c3cc2F)CC1. The molecule has 1 unspecified atom stereocenters. The monoisotopic (exact) mass is 845 g/mol. The largest absolute Gasteiger partial charge is 0.484 e. The fraction of sp³-hybridized carbons (Fsp3) is 0.304. The number of amides is 5. The highest BCUT2D eigenvalue weighted by Crippen LogP contribution is 2.47. The average Bonchev–Trinajstić information content (AvgIpc) is 4.09. The lowest BCUT2D eigenvalue weighted by Crippen LogP contribution is -2.47. The van der Waals surface area contributed by atoms with Gasteiger partial charge in [0.15, 0.2) is 6.61 Å². The Labute approximate surface area is 356 Å². The number of carbonyl (C=O) groups excluding carboxylic acids is 5. The zero-order chi connectivity index (χ0) is 43.2. The molecule has 14 nitrogen and oxygen atoms in total. The van der Waals surface area contributed by atoms with Crippen molar-refractivity contribution in [3.05, 3.63) is 114 Å². The van der Waals surface area contributed by atoms with Crippen LogP contribution in [0, 0.1) is 17.0 Å². The van der Waals surface area contributed by atoms with Crippen molar-refractivity contribution in [1.29, 1.82) is 0 Å². The Balaban J connectivity index is 0.767. The molecule has 62 heavy (non-hydrogen) atoms. The molecular formula is C46H45F2N7O7. The van der Waals surface area contributed by atoms with E-state index in [1.54, 1.807) is 66.9 Å². The topological polar surface area (TPSA) is 171 Å². The van der Waals surface area contributed by atoms with E-state index < -0.39 is 28.9 Å². The van der Waals surface area contributed by atoms with Crippen LogP contribution in [-0.2, 0) is 24.0 Å². The molecule has 1 aromatic heterocycles. The predicted octanol–water partition coefficient (Wildman–Crippen LogP) is 5.89. The summed E-state index contributed by atoms with van der Waals surface area (Å²) < 4.78 is 40.7. The molecule has 1 aliphatic carbocycles. The maximum Gasteiger partial charge on any atom is 0.257 e. The molecule has 0 radical (unpaired) electrons. The molecule has 4 N–H and O–H groups in total. The molecule has 320 valence electrons. The molecule has 8 rings (SSSR count). The molecule has 0 spiro atoms. The number of nitrogens with zero attached hydrogens (tertiary/aromatic N) is 3. The molecule has 4 aromatic carbocycles. The summed E-state index contributed by atoms with van der Waals surface area (Å²) in [5.41, 5.74) is 1.50. The third kappa shape index (κ3) is 9.81. The Morgan fingerprint density at radius 2 is 1.48 bits per heavy atom. The third-order valence-corrected chi connectivity index (χ3v) is 11.4. The Kier molecular flexibility index (Phi) is 12.4. The number of carbonyl (C=O) groups is 5. The lowest BCUT2D eigenvalue weighted by molar-refractivity contribution is -0.134. The van der Waals surface area contributed by atoms with Crippen LogP contribution in [0.4, 0.5) is 25.8 Å². The van der Waals surface area contributed by atoms with Gasteiger partial charge in [0.25, 0.3) is 5.91 Å². The number of fused-ring (bicyclic) bond motifs is 1. The van der Waals surface area contributed by atoms with Crippen LogP contribution in [-0.4, -0.2) is 85.3 Å². The second-order valence-electron chi connectivity index (χ2n) is 15.6. The highest BCUT2D eigenvalue weighted by atomic mass is 19.1. The van der Waals surface area contributed by atoms with Crippen molar-refractivity contribution >= 4 is 57.5 Å². The van der Waals surface area contributed by atoms with Crippen molar-refractivity contribution in [1.82, 2.24) is 20.5 Å². The van der Waals surface area contributed by atoms with Crippen molar-refractivity contribution < 1.29 is 42.2 Å². The number of benzene rings is 4. The first-order valence-electron chi connectivity index (χ1n) is 20.6. The number of imide groups is 1. The van der Waals surface area contributed by atoms with Gasteiger partial charge in [-0.05, 0) is 117 Å². The molecule has 0 bridgehead atoms. The lowest BCUT2D eigenvalue weighted by Gasteiger charge is -2.36. The van der Waals surface area contributed by atoms with Gasteiger partial charge in [-0.3, -0.25) is 39.2 Å². The number of hydrogen-bond acceptors (Lipinski definition) is 10. The van der Waals surface area contributed by atoms with Crippen molar-refractivity contribution in [2.75, 3.05) is 61.4 Å². The lowest BCUT2D eigenvalue weighted by atomic mass is 9.90. The number of piperidine rings is 1. The Morgan fingerprint density at radius 3 is 2.15 bits per heavy atom. The summed E-state index contributed by atoms with van der Waals surface area (Å²) in [6, 6.07) is 23.8. The van der Waals surface area contributed by atoms with E-state index >= 15 is 4.39 Å². The number of anilines is 3. The van der Waals surface area contributed by atoms with Crippen LogP contribution in [0.2, 0.25) is 0 Å². The molecule has 5 amide bonds. The van der Waals surface area contributed by atoms with E-state index in [4.69, 9.17) is 9.47 Å². The minimum Gasteiger partial charge on any atom is -0.484 e. The molecule has 3 aliphatic rings. The van der Waals surface area contributed by atoms with E-state index in [0.29, 0.717) is 90.5 Å². The fourth-order valence-corrected chi connectivity index (χ4v) is 7.66. The smallest absolute Gasteiger partial charge is 0.257 e. The first-order valence-corrected chi connectivity index (χ1v) is 20.6. The van der Waals surface area contributed by atoms with Crippen molar-refractivity contribution in [3.63, 3.8) is 0 Å². The third-order valence-electron chi connectivity index (χ3n) is 11.4. The summed E-state index contributed by atoms with van der Waals surface area (Å²) in [6.07, 6.45) is 3.90. The van der Waals surface area contributed by atoms with Crippen LogP contribution >= 0.6 is 0 Å². The number of nitrogens with one attached hydrogen (secondary N) is 4. The quantitative estimate of drug-likeness (QED) is 0.0566. The van der Waals surface area contributed by atoms with Gasteiger partial charge in [0.05, 0.1) is 17.1 Å². The van der Waals surface area contributed by atoms with Crippen LogP contribution < -0.4 is 35.6 Å². The number of halogens is 2. The summed E-state index contributed by atoms with van der Waals surface area (Å²) in [6.45, 7) is 3.78. The summed E-state index contributed by atoms with van der Waals surface area (Å²) >= 11 is 0. The van der Waals surface area contributed by atoms with Gasteiger partial charge >= 0.3 is 0 Å². The minimum absolute atomic E-state index is 0.141. The number of pyridine rings is 1. The van der Waals surface area contributed by atoms with Gasteiger partial charge in [0.1, 0.15) is 34.3 Å². The molecule has 2 saturated heterocycles. The molecule has 1 saturated carbocycles. The van der Waals surface area contributed by atoms with Crippen LogP contribution in [0.15, 0.2) is 97.2 Å². The molecule has 2 aliphatic heterocycles. The predicted molar refractivity (Wildman–Crippen MR) is 227 cm³/mol. The van der Waals surface area contributed by atoms with Crippen LogP contribution in [0.25, 0.3) is 10.9 Å². The van der Waals surface area contributed by atoms with Crippen molar-refractivity contribution in [3.8, 4) is 17.2 Å².